The molecular weight excluding hydrogens is 480 g/mol. The Labute approximate surface area is 214 Å². The molecule has 1 unspecified atom stereocenters. The Bertz CT molecular complexity index is 1260. The third kappa shape index (κ3) is 5.08. The molecule has 1 saturated heterocycles. The van der Waals surface area contributed by atoms with Crippen molar-refractivity contribution in [2.45, 2.75) is 66.3 Å². The predicted molar refractivity (Wildman–Crippen MR) is 138 cm³/mol. The summed E-state index contributed by atoms with van der Waals surface area (Å²) in [6, 6.07) is 7.97. The van der Waals surface area contributed by atoms with Gasteiger partial charge in [-0.15, -0.1) is 0 Å². The van der Waals surface area contributed by atoms with Gasteiger partial charge in [-0.1, -0.05) is 29.8 Å². The van der Waals surface area contributed by atoms with Crippen molar-refractivity contribution in [3.8, 4) is 11.1 Å². The molecule has 9 heteroatoms. The molecule has 0 spiro atoms. The zero-order valence-electron chi connectivity index (χ0n) is 21.9. The van der Waals surface area contributed by atoms with E-state index < -0.39 is 27.9 Å². The molecule has 36 heavy (non-hydrogen) atoms. The number of nitrogens with zero attached hydrogens (tertiary/aromatic N) is 2. The maximum Gasteiger partial charge on any atom is 0.337 e. The fourth-order valence-corrected chi connectivity index (χ4v) is 6.62. The predicted octanol–water partition coefficient (Wildman–Crippen LogP) is 4.11. The summed E-state index contributed by atoms with van der Waals surface area (Å²) in [6.07, 6.45) is -1.20. The summed E-state index contributed by atoms with van der Waals surface area (Å²) in [5.41, 5.74) is 6.12. The van der Waals surface area contributed by atoms with Crippen LogP contribution in [0.15, 0.2) is 24.3 Å². The van der Waals surface area contributed by atoms with Gasteiger partial charge in [0.05, 0.1) is 18.8 Å². The summed E-state index contributed by atoms with van der Waals surface area (Å²) in [5, 5.41) is 10.3. The van der Waals surface area contributed by atoms with Crippen LogP contribution in [0.2, 0.25) is 0 Å². The number of hydrogen-bond acceptors (Lipinski definition) is 5. The fraction of sp³-hybridized carbons (Fsp3) is 0.519. The fourth-order valence-electron chi connectivity index (χ4n) is 5.10. The topological polar surface area (TPSA) is 96.4 Å². The van der Waals surface area contributed by atoms with E-state index >= 15 is 0 Å². The molecule has 1 N–H and O–H groups in total. The van der Waals surface area contributed by atoms with Gasteiger partial charge in [-0.2, -0.15) is 17.0 Å². The van der Waals surface area contributed by atoms with E-state index in [4.69, 9.17) is 9.47 Å². The number of carboxylic acid groups (broad SMARTS) is 1. The number of ether oxygens (including phenoxy) is 2. The maximum absolute atomic E-state index is 13.5. The second-order valence-electron chi connectivity index (χ2n) is 10.6. The Morgan fingerprint density at radius 3 is 2.06 bits per heavy atom. The van der Waals surface area contributed by atoms with Crippen LogP contribution in [-0.4, -0.2) is 60.0 Å². The van der Waals surface area contributed by atoms with Crippen molar-refractivity contribution < 1.29 is 27.8 Å². The molecule has 0 aromatic heterocycles. The number of carboxylic acids is 1. The van der Waals surface area contributed by atoms with Gasteiger partial charge in [0, 0.05) is 31.7 Å². The number of morpholine rings is 1. The van der Waals surface area contributed by atoms with Crippen LogP contribution in [0, 0.1) is 20.8 Å². The van der Waals surface area contributed by atoms with E-state index in [1.54, 1.807) is 0 Å². The molecule has 1 atom stereocenters. The van der Waals surface area contributed by atoms with Gasteiger partial charge in [0.15, 0.2) is 6.10 Å². The normalized spacial score (nSPS) is 18.3. The third-order valence-corrected chi connectivity index (χ3v) is 8.84. The highest BCUT2D eigenvalue weighted by molar-refractivity contribution is 7.86. The molecule has 0 bridgehead atoms. The highest BCUT2D eigenvalue weighted by Gasteiger charge is 2.40. The van der Waals surface area contributed by atoms with Crippen LogP contribution < -0.4 is 0 Å². The molecular formula is C27H36N2O6S. The van der Waals surface area contributed by atoms with Gasteiger partial charge >= 0.3 is 5.97 Å². The van der Waals surface area contributed by atoms with Gasteiger partial charge in [0.1, 0.15) is 0 Å². The number of fused-ring (bicyclic) bond motifs is 1. The zero-order valence-corrected chi connectivity index (χ0v) is 22.7. The highest BCUT2D eigenvalue weighted by Crippen LogP contribution is 2.44. The number of rotatable bonds is 6. The summed E-state index contributed by atoms with van der Waals surface area (Å²) in [7, 11) is -3.69. The maximum atomic E-state index is 13.5. The van der Waals surface area contributed by atoms with Crippen LogP contribution in [0.25, 0.3) is 11.1 Å². The van der Waals surface area contributed by atoms with Crippen LogP contribution >= 0.6 is 0 Å². The first-order valence-electron chi connectivity index (χ1n) is 12.3. The summed E-state index contributed by atoms with van der Waals surface area (Å²) >= 11 is 0. The first-order chi connectivity index (χ1) is 16.8. The Kier molecular flexibility index (Phi) is 7.34. The summed E-state index contributed by atoms with van der Waals surface area (Å²) in [6.45, 7) is 13.2. The van der Waals surface area contributed by atoms with Crippen molar-refractivity contribution in [3.05, 3.63) is 57.6 Å². The van der Waals surface area contributed by atoms with Gasteiger partial charge in [0.2, 0.25) is 0 Å². The Balaban J connectivity index is 1.89. The lowest BCUT2D eigenvalue weighted by Gasteiger charge is -2.30. The SMILES string of the molecule is Cc1ccc(-c2c(C)c3c(c(C)c2C(OC(C)(C)C)C(=O)O)CN(S(=O)(=O)N2CCOCC2)C3)cc1. The van der Waals surface area contributed by atoms with Crippen LogP contribution in [0.3, 0.4) is 0 Å². The van der Waals surface area contributed by atoms with E-state index in [1.165, 1.54) is 8.61 Å². The standard InChI is InChI=1S/C27H36N2O6S/c1-17-7-9-20(10-8-17)23-18(2)21-15-29(36(32,33)28-11-13-34-14-12-28)16-22(21)19(3)24(23)25(26(30)31)35-27(4,5)6/h7-10,25H,11-16H2,1-6H3,(H,30,31). The molecule has 0 aliphatic carbocycles. The third-order valence-electron chi connectivity index (χ3n) is 6.91. The first kappa shape index (κ1) is 26.8. The summed E-state index contributed by atoms with van der Waals surface area (Å²) in [5.74, 6) is -1.07. The van der Waals surface area contributed by atoms with Crippen LogP contribution in [-0.2, 0) is 37.6 Å². The molecule has 0 radical (unpaired) electrons. The van der Waals surface area contributed by atoms with Crippen molar-refractivity contribution in [2.24, 2.45) is 0 Å². The second kappa shape index (κ2) is 9.87. The smallest absolute Gasteiger partial charge is 0.337 e. The second-order valence-corrected chi connectivity index (χ2v) is 12.5. The van der Waals surface area contributed by atoms with E-state index in [0.29, 0.717) is 31.9 Å². The van der Waals surface area contributed by atoms with Crippen molar-refractivity contribution in [1.82, 2.24) is 8.61 Å². The lowest BCUT2D eigenvalue weighted by Crippen LogP contribution is -2.46. The minimum atomic E-state index is -3.69. The van der Waals surface area contributed by atoms with E-state index in [0.717, 1.165) is 38.9 Å². The lowest BCUT2D eigenvalue weighted by molar-refractivity contribution is -0.160. The Morgan fingerprint density at radius 2 is 1.53 bits per heavy atom. The van der Waals surface area contributed by atoms with Crippen LogP contribution in [0.5, 0.6) is 0 Å². The largest absolute Gasteiger partial charge is 0.479 e. The van der Waals surface area contributed by atoms with Gasteiger partial charge in [-0.3, -0.25) is 0 Å². The van der Waals surface area contributed by atoms with E-state index in [9.17, 15) is 18.3 Å². The van der Waals surface area contributed by atoms with Crippen LogP contribution in [0.1, 0.15) is 60.3 Å². The molecule has 2 aromatic carbocycles. The number of carbonyl (C=O) groups is 1. The van der Waals surface area contributed by atoms with Crippen molar-refractivity contribution in [2.75, 3.05) is 26.3 Å². The Hall–Kier alpha value is -2.30. The van der Waals surface area contributed by atoms with Crippen molar-refractivity contribution >= 4 is 16.2 Å². The molecule has 2 aromatic rings. The number of hydrogen-bond donors (Lipinski definition) is 1. The van der Waals surface area contributed by atoms with Crippen molar-refractivity contribution in [3.63, 3.8) is 0 Å². The molecule has 0 saturated carbocycles. The molecule has 2 heterocycles. The van der Waals surface area contributed by atoms with Crippen molar-refractivity contribution in [1.29, 1.82) is 0 Å². The quantitative estimate of drug-likeness (QED) is 0.621. The monoisotopic (exact) mass is 516 g/mol. The van der Waals surface area contributed by atoms with Gasteiger partial charge in [-0.05, 0) is 74.9 Å². The molecule has 2 aliphatic heterocycles. The summed E-state index contributed by atoms with van der Waals surface area (Å²) in [4.78, 5) is 12.6. The minimum Gasteiger partial charge on any atom is -0.479 e. The van der Waals surface area contributed by atoms with E-state index in [-0.39, 0.29) is 13.1 Å². The summed E-state index contributed by atoms with van der Waals surface area (Å²) < 4.78 is 41.3. The number of benzene rings is 2. The van der Waals surface area contributed by atoms with E-state index in [2.05, 4.69) is 0 Å². The zero-order chi connectivity index (χ0) is 26.4. The Morgan fingerprint density at radius 1 is 0.972 bits per heavy atom. The average molecular weight is 517 g/mol. The molecule has 1 fully saturated rings. The molecule has 0 amide bonds. The number of aliphatic carboxylic acids is 1. The lowest BCUT2D eigenvalue weighted by atomic mass is 9.83. The van der Waals surface area contributed by atoms with Gasteiger partial charge in [0.25, 0.3) is 10.2 Å². The molecule has 4 rings (SSSR count). The first-order valence-corrected chi connectivity index (χ1v) is 13.7. The molecule has 196 valence electrons. The van der Waals surface area contributed by atoms with E-state index in [1.807, 2.05) is 65.8 Å². The number of aryl methyl sites for hydroxylation is 1. The highest BCUT2D eigenvalue weighted by atomic mass is 32.2. The minimum absolute atomic E-state index is 0.199. The van der Waals surface area contributed by atoms with Crippen LogP contribution in [0.4, 0.5) is 0 Å². The average Bonchev–Trinajstić information content (AvgIpc) is 3.28. The van der Waals surface area contributed by atoms with Gasteiger partial charge < -0.3 is 14.6 Å². The molecule has 8 nitrogen and oxygen atoms in total. The van der Waals surface area contributed by atoms with Gasteiger partial charge in [-0.25, -0.2) is 4.79 Å². The molecule has 2 aliphatic rings.